The number of fused-ring (bicyclic) bond motifs is 2. The van der Waals surface area contributed by atoms with Gasteiger partial charge >= 0.3 is 0 Å². The van der Waals surface area contributed by atoms with E-state index in [0.717, 1.165) is 0 Å². The molecule has 0 amide bonds. The van der Waals surface area contributed by atoms with E-state index in [-0.39, 0.29) is 5.41 Å². The fourth-order valence-electron chi connectivity index (χ4n) is 2.99. The molecule has 102 valence electrons. The lowest BCUT2D eigenvalue weighted by Gasteiger charge is -2.25. The Bertz CT molecular complexity index is 487. The molecule has 1 aromatic rings. The molecule has 0 nitrogen and oxygen atoms in total. The molecular formula is C19H26. The van der Waals surface area contributed by atoms with E-state index in [1.807, 2.05) is 13.8 Å². The highest BCUT2D eigenvalue weighted by Gasteiger charge is 2.36. The van der Waals surface area contributed by atoms with E-state index in [2.05, 4.69) is 63.4 Å². The summed E-state index contributed by atoms with van der Waals surface area (Å²) in [5.41, 5.74) is 6.32. The first kappa shape index (κ1) is 15.5. The zero-order chi connectivity index (χ0) is 14.5. The van der Waals surface area contributed by atoms with Gasteiger partial charge in [-0.15, -0.1) is 13.2 Å². The third-order valence-electron chi connectivity index (χ3n) is 3.82. The van der Waals surface area contributed by atoms with Gasteiger partial charge in [-0.05, 0) is 29.5 Å². The summed E-state index contributed by atoms with van der Waals surface area (Å²) in [5.74, 6) is 0. The average Bonchev–Trinajstić information content (AvgIpc) is 2.73. The van der Waals surface area contributed by atoms with Crippen LogP contribution < -0.4 is 0 Å². The molecule has 0 radical (unpaired) electrons. The second-order valence-corrected chi connectivity index (χ2v) is 5.00. The Kier molecular flexibility index (Phi) is 5.35. The third kappa shape index (κ3) is 2.58. The molecule has 1 aromatic carbocycles. The molecule has 0 unspecified atom stereocenters. The maximum absolute atomic E-state index is 3.00. The number of hydrogen-bond donors (Lipinski definition) is 0. The molecule has 0 aromatic heterocycles. The van der Waals surface area contributed by atoms with E-state index >= 15 is 0 Å². The first-order valence-electron chi connectivity index (χ1n) is 7.21. The third-order valence-corrected chi connectivity index (χ3v) is 3.82. The fraction of sp³-hybridized carbons (Fsp3) is 0.368. The predicted octanol–water partition coefficient (Wildman–Crippen LogP) is 5.91. The van der Waals surface area contributed by atoms with Crippen LogP contribution in [0.1, 0.15) is 51.7 Å². The van der Waals surface area contributed by atoms with E-state index in [9.17, 15) is 0 Å². The Labute approximate surface area is 118 Å². The number of hydrogen-bond acceptors (Lipinski definition) is 0. The molecule has 2 aliphatic rings. The second-order valence-electron chi connectivity index (χ2n) is 5.00. The van der Waals surface area contributed by atoms with Crippen LogP contribution in [0.5, 0.6) is 0 Å². The zero-order valence-electron chi connectivity index (χ0n) is 12.8. The Balaban J connectivity index is 0.000000415. The van der Waals surface area contributed by atoms with Gasteiger partial charge in [0, 0.05) is 5.41 Å². The summed E-state index contributed by atoms with van der Waals surface area (Å²) in [6.07, 6.45) is 7.05. The molecule has 0 bridgehead atoms. The lowest BCUT2D eigenvalue weighted by atomic mass is 9.79. The molecule has 0 heterocycles. The minimum atomic E-state index is 0.247. The largest absolute Gasteiger partial charge is 0.106 e. The monoisotopic (exact) mass is 254 g/mol. The minimum Gasteiger partial charge on any atom is -0.106 e. The summed E-state index contributed by atoms with van der Waals surface area (Å²) in [6, 6.07) is 8.84. The maximum Gasteiger partial charge on any atom is 0.0120 e. The molecule has 0 N–H and O–H groups in total. The van der Waals surface area contributed by atoms with Crippen molar-refractivity contribution in [2.75, 3.05) is 0 Å². The van der Waals surface area contributed by atoms with Gasteiger partial charge < -0.3 is 0 Å². The van der Waals surface area contributed by atoms with Gasteiger partial charge in [-0.25, -0.2) is 0 Å². The van der Waals surface area contributed by atoms with Crippen molar-refractivity contribution in [3.8, 4) is 0 Å². The average molecular weight is 254 g/mol. The fourth-order valence-corrected chi connectivity index (χ4v) is 2.99. The predicted molar refractivity (Wildman–Crippen MR) is 87.4 cm³/mol. The first-order valence-corrected chi connectivity index (χ1v) is 7.21. The SMILES string of the molecule is C=C.CC.CC1(C)C2=C(C=CCC2)c2ccccc21. The molecule has 0 aliphatic heterocycles. The normalized spacial score (nSPS) is 17.5. The maximum atomic E-state index is 3.00. The highest BCUT2D eigenvalue weighted by Crippen LogP contribution is 2.49. The smallest absolute Gasteiger partial charge is 0.0120 e. The molecule has 19 heavy (non-hydrogen) atoms. The Morgan fingerprint density at radius 1 is 1.05 bits per heavy atom. The molecule has 3 rings (SSSR count). The van der Waals surface area contributed by atoms with Crippen LogP contribution in [0.2, 0.25) is 0 Å². The topological polar surface area (TPSA) is 0 Å². The van der Waals surface area contributed by atoms with Gasteiger partial charge in [0.1, 0.15) is 0 Å². The lowest BCUT2D eigenvalue weighted by molar-refractivity contribution is 0.607. The number of rotatable bonds is 0. The van der Waals surface area contributed by atoms with Gasteiger partial charge in [-0.2, -0.15) is 0 Å². The quantitative estimate of drug-likeness (QED) is 0.505. The second kappa shape index (κ2) is 6.56. The van der Waals surface area contributed by atoms with Crippen LogP contribution >= 0.6 is 0 Å². The van der Waals surface area contributed by atoms with Crippen molar-refractivity contribution in [1.82, 2.24) is 0 Å². The van der Waals surface area contributed by atoms with Gasteiger partial charge in [0.2, 0.25) is 0 Å². The zero-order valence-corrected chi connectivity index (χ0v) is 12.8. The summed E-state index contributed by atoms with van der Waals surface area (Å²) in [5, 5.41) is 0. The van der Waals surface area contributed by atoms with Crippen LogP contribution in [0, 0.1) is 0 Å². The van der Waals surface area contributed by atoms with Crippen LogP contribution in [-0.2, 0) is 5.41 Å². The summed E-state index contributed by atoms with van der Waals surface area (Å²) < 4.78 is 0. The van der Waals surface area contributed by atoms with E-state index in [0.29, 0.717) is 0 Å². The van der Waals surface area contributed by atoms with E-state index in [1.54, 1.807) is 5.57 Å². The molecule has 0 atom stereocenters. The molecular weight excluding hydrogens is 228 g/mol. The summed E-state index contributed by atoms with van der Waals surface area (Å²) in [4.78, 5) is 0. The van der Waals surface area contributed by atoms with Gasteiger partial charge in [-0.3, -0.25) is 0 Å². The van der Waals surface area contributed by atoms with Crippen LogP contribution in [-0.4, -0.2) is 0 Å². The molecule has 0 heteroatoms. The molecule has 0 spiro atoms. The highest BCUT2D eigenvalue weighted by molar-refractivity contribution is 5.86. The van der Waals surface area contributed by atoms with Crippen molar-refractivity contribution < 1.29 is 0 Å². The van der Waals surface area contributed by atoms with Crippen LogP contribution in [0.3, 0.4) is 0 Å². The van der Waals surface area contributed by atoms with Gasteiger partial charge in [0.05, 0.1) is 0 Å². The van der Waals surface area contributed by atoms with E-state index < -0.39 is 0 Å². The van der Waals surface area contributed by atoms with Crippen molar-refractivity contribution in [1.29, 1.82) is 0 Å². The summed E-state index contributed by atoms with van der Waals surface area (Å²) in [7, 11) is 0. The molecule has 0 fully saturated rings. The lowest BCUT2D eigenvalue weighted by Crippen LogP contribution is -2.17. The van der Waals surface area contributed by atoms with E-state index in [4.69, 9.17) is 0 Å². The standard InChI is InChI=1S/C15H16.C2H6.C2H4/c1-15(2)13-9-5-3-7-11(13)12-8-4-6-10-14(12)15;2*1-2/h3-5,7-9H,6,10H2,1-2H3;1-2H3;1-2H2. The Morgan fingerprint density at radius 2 is 1.68 bits per heavy atom. The van der Waals surface area contributed by atoms with Gasteiger partial charge in [0.15, 0.2) is 0 Å². The van der Waals surface area contributed by atoms with Crippen LogP contribution in [0.15, 0.2) is 55.1 Å². The Morgan fingerprint density at radius 3 is 2.37 bits per heavy atom. The number of benzene rings is 1. The molecule has 2 aliphatic carbocycles. The van der Waals surface area contributed by atoms with Crippen molar-refractivity contribution in [2.45, 2.75) is 46.0 Å². The first-order chi connectivity index (χ1) is 9.21. The number of allylic oxidation sites excluding steroid dienone is 4. The highest BCUT2D eigenvalue weighted by atomic mass is 14.4. The van der Waals surface area contributed by atoms with Crippen molar-refractivity contribution in [3.05, 3.63) is 66.3 Å². The van der Waals surface area contributed by atoms with Gasteiger partial charge in [0.25, 0.3) is 0 Å². The molecule has 0 saturated carbocycles. The van der Waals surface area contributed by atoms with Crippen molar-refractivity contribution in [2.24, 2.45) is 0 Å². The van der Waals surface area contributed by atoms with Gasteiger partial charge in [-0.1, -0.05) is 69.7 Å². The van der Waals surface area contributed by atoms with Crippen molar-refractivity contribution >= 4 is 5.57 Å². The van der Waals surface area contributed by atoms with E-state index in [1.165, 1.54) is 29.5 Å². The minimum absolute atomic E-state index is 0.247. The summed E-state index contributed by atoms with van der Waals surface area (Å²) in [6.45, 7) is 14.7. The van der Waals surface area contributed by atoms with Crippen molar-refractivity contribution in [3.63, 3.8) is 0 Å². The Hall–Kier alpha value is -1.56. The molecule has 0 saturated heterocycles. The van der Waals surface area contributed by atoms with Crippen LogP contribution in [0.25, 0.3) is 5.57 Å². The van der Waals surface area contributed by atoms with Crippen LogP contribution in [0.4, 0.5) is 0 Å². The summed E-state index contributed by atoms with van der Waals surface area (Å²) >= 11 is 0.